The molecule has 17 heavy (non-hydrogen) atoms. The van der Waals surface area contributed by atoms with E-state index in [-0.39, 0.29) is 5.78 Å². The summed E-state index contributed by atoms with van der Waals surface area (Å²) < 4.78 is 5.30. The van der Waals surface area contributed by atoms with Gasteiger partial charge in [-0.15, -0.1) is 6.58 Å². The Bertz CT molecular complexity index is 392. The molecule has 1 aromatic rings. The summed E-state index contributed by atoms with van der Waals surface area (Å²) in [5.41, 5.74) is 1.77. The van der Waals surface area contributed by atoms with Crippen LogP contribution in [-0.2, 0) is 4.74 Å². The van der Waals surface area contributed by atoms with Crippen LogP contribution < -0.4 is 4.90 Å². The number of carbonyl (C=O) groups excluding carboxylic acids is 1. The molecule has 1 saturated heterocycles. The van der Waals surface area contributed by atoms with Crippen molar-refractivity contribution in [1.29, 1.82) is 0 Å². The lowest BCUT2D eigenvalue weighted by molar-refractivity contribution is 0.0979. The number of Topliss-reactive ketones (excluding diaryl/α,β-unsaturated/α-hetero) is 1. The molecule has 2 rings (SSSR count). The average Bonchev–Trinajstić information content (AvgIpc) is 2.86. The van der Waals surface area contributed by atoms with Gasteiger partial charge in [-0.2, -0.15) is 0 Å². The Hall–Kier alpha value is -1.55. The van der Waals surface area contributed by atoms with Crippen LogP contribution in [0.2, 0.25) is 0 Å². The molecule has 1 aliphatic heterocycles. The van der Waals surface area contributed by atoms with E-state index < -0.39 is 0 Å². The number of nitrogens with zero attached hydrogens (tertiary/aromatic N) is 1. The molecule has 0 aliphatic carbocycles. The molecule has 0 unspecified atom stereocenters. The predicted molar refractivity (Wildman–Crippen MR) is 67.6 cm³/mol. The minimum Gasteiger partial charge on any atom is -0.378 e. The topological polar surface area (TPSA) is 45.3 Å². The zero-order valence-electron chi connectivity index (χ0n) is 9.95. The van der Waals surface area contributed by atoms with E-state index in [1.807, 2.05) is 12.3 Å². The predicted octanol–water partition coefficient (Wildman–Crippen LogP) is 2.00. The minimum absolute atomic E-state index is 0.143. The number of allylic oxidation sites excluding steroid dienone is 1. The van der Waals surface area contributed by atoms with Crippen LogP contribution in [0.3, 0.4) is 0 Å². The van der Waals surface area contributed by atoms with Gasteiger partial charge in [0, 0.05) is 25.7 Å². The number of ether oxygens (including phenoxy) is 1. The number of rotatable bonds is 5. The lowest BCUT2D eigenvalue weighted by atomic mass is 10.1. The second-order valence-corrected chi connectivity index (χ2v) is 4.12. The van der Waals surface area contributed by atoms with Crippen molar-refractivity contribution < 1.29 is 9.53 Å². The van der Waals surface area contributed by atoms with Crippen molar-refractivity contribution >= 4 is 11.5 Å². The first-order valence-electron chi connectivity index (χ1n) is 5.96. The Morgan fingerprint density at radius 2 is 2.29 bits per heavy atom. The van der Waals surface area contributed by atoms with Crippen molar-refractivity contribution in [2.75, 3.05) is 31.2 Å². The fraction of sp³-hybridized carbons (Fsp3) is 0.462. The van der Waals surface area contributed by atoms with Crippen LogP contribution in [0.25, 0.3) is 0 Å². The number of hydrogen-bond donors (Lipinski definition) is 1. The van der Waals surface area contributed by atoms with E-state index in [1.165, 1.54) is 0 Å². The van der Waals surface area contributed by atoms with Gasteiger partial charge in [-0.25, -0.2) is 0 Å². The van der Waals surface area contributed by atoms with Gasteiger partial charge < -0.3 is 14.6 Å². The SMILES string of the molecule is C=CCCC(=O)c1cc(N2CCOCC2)c[nH]1. The highest BCUT2D eigenvalue weighted by Gasteiger charge is 2.14. The van der Waals surface area contributed by atoms with Gasteiger partial charge >= 0.3 is 0 Å². The second-order valence-electron chi connectivity index (χ2n) is 4.12. The number of ketones is 1. The van der Waals surface area contributed by atoms with Gasteiger partial charge in [0.2, 0.25) is 0 Å². The molecule has 0 amide bonds. The molecule has 4 nitrogen and oxygen atoms in total. The number of carbonyl (C=O) groups is 1. The Morgan fingerprint density at radius 1 is 1.53 bits per heavy atom. The molecule has 0 saturated carbocycles. The lowest BCUT2D eigenvalue weighted by Crippen LogP contribution is -2.35. The molecule has 0 atom stereocenters. The number of morpholine rings is 1. The zero-order valence-corrected chi connectivity index (χ0v) is 9.95. The highest BCUT2D eigenvalue weighted by molar-refractivity contribution is 5.95. The molecule has 1 aromatic heterocycles. The molecule has 1 fully saturated rings. The summed E-state index contributed by atoms with van der Waals surface area (Å²) in [4.78, 5) is 17.0. The van der Waals surface area contributed by atoms with Gasteiger partial charge in [-0.1, -0.05) is 6.08 Å². The van der Waals surface area contributed by atoms with Crippen molar-refractivity contribution in [2.24, 2.45) is 0 Å². The van der Waals surface area contributed by atoms with E-state index in [9.17, 15) is 4.79 Å². The number of nitrogens with one attached hydrogen (secondary N) is 1. The number of hydrogen-bond acceptors (Lipinski definition) is 3. The molecule has 0 bridgehead atoms. The van der Waals surface area contributed by atoms with Crippen molar-refractivity contribution in [3.05, 3.63) is 30.6 Å². The molecule has 0 aromatic carbocycles. The fourth-order valence-electron chi connectivity index (χ4n) is 1.92. The molecular formula is C13H18N2O2. The molecule has 1 aliphatic rings. The molecule has 0 radical (unpaired) electrons. The molecule has 2 heterocycles. The van der Waals surface area contributed by atoms with Crippen molar-refractivity contribution in [3.8, 4) is 0 Å². The maximum absolute atomic E-state index is 11.8. The van der Waals surface area contributed by atoms with Crippen molar-refractivity contribution in [1.82, 2.24) is 4.98 Å². The van der Waals surface area contributed by atoms with Crippen LogP contribution in [-0.4, -0.2) is 37.1 Å². The first-order chi connectivity index (χ1) is 8.31. The van der Waals surface area contributed by atoms with E-state index in [0.29, 0.717) is 12.1 Å². The number of anilines is 1. The van der Waals surface area contributed by atoms with Crippen LogP contribution in [0, 0.1) is 0 Å². The van der Waals surface area contributed by atoms with Crippen LogP contribution >= 0.6 is 0 Å². The Kier molecular flexibility index (Phi) is 3.98. The van der Waals surface area contributed by atoms with E-state index in [4.69, 9.17) is 4.74 Å². The third kappa shape index (κ3) is 2.97. The molecule has 0 spiro atoms. The second kappa shape index (κ2) is 5.68. The van der Waals surface area contributed by atoms with Gasteiger partial charge in [0.25, 0.3) is 0 Å². The van der Waals surface area contributed by atoms with E-state index in [1.54, 1.807) is 6.08 Å². The lowest BCUT2D eigenvalue weighted by Gasteiger charge is -2.27. The van der Waals surface area contributed by atoms with Gasteiger partial charge in [-0.05, 0) is 12.5 Å². The molecule has 92 valence electrons. The third-order valence-electron chi connectivity index (χ3n) is 2.92. The largest absolute Gasteiger partial charge is 0.378 e. The van der Waals surface area contributed by atoms with Gasteiger partial charge in [0.1, 0.15) is 0 Å². The van der Waals surface area contributed by atoms with Crippen molar-refractivity contribution in [2.45, 2.75) is 12.8 Å². The van der Waals surface area contributed by atoms with Gasteiger partial charge in [-0.3, -0.25) is 4.79 Å². The maximum atomic E-state index is 11.8. The first kappa shape index (κ1) is 11.9. The van der Waals surface area contributed by atoms with Crippen LogP contribution in [0.4, 0.5) is 5.69 Å². The highest BCUT2D eigenvalue weighted by Crippen LogP contribution is 2.18. The normalized spacial score (nSPS) is 15.9. The quantitative estimate of drug-likeness (QED) is 0.626. The van der Waals surface area contributed by atoms with E-state index in [2.05, 4.69) is 16.5 Å². The summed E-state index contributed by atoms with van der Waals surface area (Å²) >= 11 is 0. The number of aromatic amines is 1. The summed E-state index contributed by atoms with van der Waals surface area (Å²) in [7, 11) is 0. The van der Waals surface area contributed by atoms with Crippen molar-refractivity contribution in [3.63, 3.8) is 0 Å². The Labute approximate surface area is 101 Å². The number of aromatic nitrogens is 1. The van der Waals surface area contributed by atoms with E-state index in [0.717, 1.165) is 38.4 Å². The molecule has 4 heteroatoms. The third-order valence-corrected chi connectivity index (χ3v) is 2.92. The fourth-order valence-corrected chi connectivity index (χ4v) is 1.92. The smallest absolute Gasteiger partial charge is 0.179 e. The summed E-state index contributed by atoms with van der Waals surface area (Å²) in [5.74, 6) is 0.143. The summed E-state index contributed by atoms with van der Waals surface area (Å²) in [6, 6.07) is 1.93. The summed E-state index contributed by atoms with van der Waals surface area (Å²) in [5, 5.41) is 0. The minimum atomic E-state index is 0.143. The van der Waals surface area contributed by atoms with Gasteiger partial charge in [0.05, 0.1) is 24.6 Å². The monoisotopic (exact) mass is 234 g/mol. The number of H-pyrrole nitrogens is 1. The van der Waals surface area contributed by atoms with Crippen LogP contribution in [0.15, 0.2) is 24.9 Å². The molecule has 1 N–H and O–H groups in total. The molecular weight excluding hydrogens is 216 g/mol. The zero-order chi connectivity index (χ0) is 12.1. The maximum Gasteiger partial charge on any atom is 0.179 e. The Balaban J connectivity index is 1.99. The first-order valence-corrected chi connectivity index (χ1v) is 5.96. The average molecular weight is 234 g/mol. The summed E-state index contributed by atoms with van der Waals surface area (Å²) in [6.45, 7) is 6.90. The van der Waals surface area contributed by atoms with E-state index >= 15 is 0 Å². The van der Waals surface area contributed by atoms with Crippen LogP contribution in [0.1, 0.15) is 23.3 Å². The van der Waals surface area contributed by atoms with Crippen LogP contribution in [0.5, 0.6) is 0 Å². The highest BCUT2D eigenvalue weighted by atomic mass is 16.5. The standard InChI is InChI=1S/C13H18N2O2/c1-2-3-4-13(16)12-9-11(10-14-12)15-5-7-17-8-6-15/h2,9-10,14H,1,3-8H2. The van der Waals surface area contributed by atoms with Gasteiger partial charge in [0.15, 0.2) is 5.78 Å². The Morgan fingerprint density at radius 3 is 3.00 bits per heavy atom. The summed E-state index contributed by atoms with van der Waals surface area (Å²) in [6.07, 6.45) is 4.91.